The average Bonchev–Trinajstić information content (AvgIpc) is 2.95. The Hall–Kier alpha value is -1.18. The predicted octanol–water partition coefficient (Wildman–Crippen LogP) is 2.99. The minimum atomic E-state index is -0.928. The standard InChI is InChI=1S/C10H8N2O2S3/c13-9(14)4-3-7-1-2-8(16-7)5-15-10-11-6-12-17-10/h1-4,6H,5H2,(H,13,14). The number of carbonyl (C=O) groups is 1. The minimum Gasteiger partial charge on any atom is -0.478 e. The van der Waals surface area contributed by atoms with Crippen LogP contribution in [-0.4, -0.2) is 20.4 Å². The Balaban J connectivity index is 1.92. The number of thioether (sulfide) groups is 1. The van der Waals surface area contributed by atoms with Crippen LogP contribution >= 0.6 is 34.6 Å². The summed E-state index contributed by atoms with van der Waals surface area (Å²) in [5.41, 5.74) is 0. The van der Waals surface area contributed by atoms with Crippen LogP contribution in [-0.2, 0) is 10.5 Å². The fourth-order valence-corrected chi connectivity index (χ4v) is 3.48. The van der Waals surface area contributed by atoms with Crippen molar-refractivity contribution in [2.45, 2.75) is 10.1 Å². The van der Waals surface area contributed by atoms with Gasteiger partial charge in [-0.15, -0.1) is 11.3 Å². The fourth-order valence-electron chi connectivity index (χ4n) is 1.07. The Morgan fingerprint density at radius 3 is 3.12 bits per heavy atom. The molecular formula is C10H8N2O2S3. The molecule has 0 aliphatic rings. The van der Waals surface area contributed by atoms with Crippen LogP contribution in [0.1, 0.15) is 9.75 Å². The summed E-state index contributed by atoms with van der Waals surface area (Å²) >= 11 is 4.59. The van der Waals surface area contributed by atoms with Gasteiger partial charge in [0.2, 0.25) is 0 Å². The van der Waals surface area contributed by atoms with Gasteiger partial charge in [0.1, 0.15) is 6.33 Å². The molecule has 2 aromatic rings. The maximum absolute atomic E-state index is 10.4. The first-order valence-electron chi connectivity index (χ1n) is 4.63. The van der Waals surface area contributed by atoms with E-state index in [-0.39, 0.29) is 0 Å². The van der Waals surface area contributed by atoms with Crippen molar-refractivity contribution in [3.63, 3.8) is 0 Å². The number of hydrogen-bond acceptors (Lipinski definition) is 6. The summed E-state index contributed by atoms with van der Waals surface area (Å²) < 4.78 is 4.87. The first kappa shape index (κ1) is 12.3. The van der Waals surface area contributed by atoms with Crippen molar-refractivity contribution in [2.24, 2.45) is 0 Å². The molecule has 0 bridgehead atoms. The van der Waals surface area contributed by atoms with Gasteiger partial charge < -0.3 is 5.11 Å². The molecule has 0 atom stereocenters. The second kappa shape index (κ2) is 5.95. The van der Waals surface area contributed by atoms with E-state index in [0.717, 1.165) is 21.0 Å². The molecule has 0 fully saturated rings. The predicted molar refractivity (Wildman–Crippen MR) is 70.5 cm³/mol. The van der Waals surface area contributed by atoms with E-state index in [9.17, 15) is 4.79 Å². The summed E-state index contributed by atoms with van der Waals surface area (Å²) in [5.74, 6) is -0.0935. The van der Waals surface area contributed by atoms with Crippen LogP contribution in [0, 0.1) is 0 Å². The maximum atomic E-state index is 10.4. The topological polar surface area (TPSA) is 63.1 Å². The van der Waals surface area contributed by atoms with Gasteiger partial charge in [-0.05, 0) is 29.7 Å². The summed E-state index contributed by atoms with van der Waals surface area (Å²) in [6, 6.07) is 3.92. The van der Waals surface area contributed by atoms with Crippen LogP contribution in [0.2, 0.25) is 0 Å². The summed E-state index contributed by atoms with van der Waals surface area (Å²) in [6.45, 7) is 0. The maximum Gasteiger partial charge on any atom is 0.328 e. The number of aromatic nitrogens is 2. The van der Waals surface area contributed by atoms with Crippen LogP contribution in [0.5, 0.6) is 0 Å². The number of hydrogen-bond donors (Lipinski definition) is 1. The van der Waals surface area contributed by atoms with E-state index in [0.29, 0.717) is 0 Å². The molecule has 2 aromatic heterocycles. The Morgan fingerprint density at radius 2 is 2.41 bits per heavy atom. The monoisotopic (exact) mass is 284 g/mol. The van der Waals surface area contributed by atoms with Gasteiger partial charge in [0.25, 0.3) is 0 Å². The van der Waals surface area contributed by atoms with E-state index in [1.54, 1.807) is 35.5 Å². The molecule has 0 amide bonds. The molecule has 0 saturated heterocycles. The molecular weight excluding hydrogens is 276 g/mol. The molecule has 2 heterocycles. The first-order chi connectivity index (χ1) is 8.24. The molecule has 2 rings (SSSR count). The average molecular weight is 284 g/mol. The third kappa shape index (κ3) is 3.95. The highest BCUT2D eigenvalue weighted by molar-refractivity contribution is 8.00. The lowest BCUT2D eigenvalue weighted by Gasteiger charge is -1.91. The molecule has 0 radical (unpaired) electrons. The molecule has 0 spiro atoms. The van der Waals surface area contributed by atoms with Crippen LogP contribution < -0.4 is 0 Å². The number of carboxylic acid groups (broad SMARTS) is 1. The molecule has 0 saturated carbocycles. The van der Waals surface area contributed by atoms with Crippen molar-refractivity contribution >= 4 is 46.7 Å². The summed E-state index contributed by atoms with van der Waals surface area (Å²) in [6.07, 6.45) is 4.29. The second-order valence-corrected chi connectivity index (χ2v) is 6.17. The van der Waals surface area contributed by atoms with Crippen LogP contribution in [0.4, 0.5) is 0 Å². The van der Waals surface area contributed by atoms with Crippen molar-refractivity contribution in [2.75, 3.05) is 0 Å². The normalized spacial score (nSPS) is 11.1. The molecule has 88 valence electrons. The summed E-state index contributed by atoms with van der Waals surface area (Å²) in [7, 11) is 0. The highest BCUT2D eigenvalue weighted by atomic mass is 32.2. The molecule has 0 aromatic carbocycles. The lowest BCUT2D eigenvalue weighted by Crippen LogP contribution is -1.84. The molecule has 0 aliphatic heterocycles. The highest BCUT2D eigenvalue weighted by Crippen LogP contribution is 2.27. The second-order valence-electron chi connectivity index (χ2n) is 2.97. The molecule has 0 unspecified atom stereocenters. The van der Waals surface area contributed by atoms with Crippen LogP contribution in [0.3, 0.4) is 0 Å². The smallest absolute Gasteiger partial charge is 0.328 e. The van der Waals surface area contributed by atoms with Gasteiger partial charge in [0.15, 0.2) is 4.34 Å². The number of aliphatic carboxylic acids is 1. The van der Waals surface area contributed by atoms with E-state index in [1.165, 1.54) is 16.4 Å². The Bertz CT molecular complexity index is 519. The molecule has 1 N–H and O–H groups in total. The van der Waals surface area contributed by atoms with Crippen molar-refractivity contribution in [3.05, 3.63) is 34.3 Å². The summed E-state index contributed by atoms with van der Waals surface area (Å²) in [4.78, 5) is 16.6. The zero-order valence-corrected chi connectivity index (χ0v) is 11.0. The quantitative estimate of drug-likeness (QED) is 0.675. The third-order valence-corrected chi connectivity index (χ3v) is 4.83. The van der Waals surface area contributed by atoms with Gasteiger partial charge in [0.05, 0.1) is 0 Å². The first-order valence-corrected chi connectivity index (χ1v) is 7.21. The van der Waals surface area contributed by atoms with Gasteiger partial charge in [-0.1, -0.05) is 11.8 Å². The van der Waals surface area contributed by atoms with Gasteiger partial charge in [-0.2, -0.15) is 4.37 Å². The fraction of sp³-hybridized carbons (Fsp3) is 0.100. The van der Waals surface area contributed by atoms with Gasteiger partial charge in [-0.3, -0.25) is 0 Å². The van der Waals surface area contributed by atoms with E-state index >= 15 is 0 Å². The van der Waals surface area contributed by atoms with Gasteiger partial charge in [-0.25, -0.2) is 9.78 Å². The van der Waals surface area contributed by atoms with Crippen molar-refractivity contribution < 1.29 is 9.90 Å². The zero-order chi connectivity index (χ0) is 12.1. The van der Waals surface area contributed by atoms with E-state index in [4.69, 9.17) is 5.11 Å². The lowest BCUT2D eigenvalue weighted by molar-refractivity contribution is -0.131. The number of carboxylic acids is 1. The van der Waals surface area contributed by atoms with Crippen molar-refractivity contribution in [1.82, 2.24) is 9.36 Å². The van der Waals surface area contributed by atoms with E-state index in [2.05, 4.69) is 9.36 Å². The number of nitrogens with zero attached hydrogens (tertiary/aromatic N) is 2. The Labute approximate surface area is 110 Å². The zero-order valence-electron chi connectivity index (χ0n) is 8.57. The molecule has 4 nitrogen and oxygen atoms in total. The van der Waals surface area contributed by atoms with Crippen LogP contribution in [0.25, 0.3) is 6.08 Å². The largest absolute Gasteiger partial charge is 0.478 e. The van der Waals surface area contributed by atoms with Gasteiger partial charge >= 0.3 is 5.97 Å². The SMILES string of the molecule is O=C(O)C=Cc1ccc(CSc2ncns2)s1. The summed E-state index contributed by atoms with van der Waals surface area (Å²) in [5, 5.41) is 8.51. The number of thiophene rings is 1. The van der Waals surface area contributed by atoms with Crippen molar-refractivity contribution in [1.29, 1.82) is 0 Å². The van der Waals surface area contributed by atoms with Gasteiger partial charge in [0, 0.05) is 21.6 Å². The minimum absolute atomic E-state index is 0.834. The third-order valence-electron chi connectivity index (χ3n) is 1.75. The van der Waals surface area contributed by atoms with Crippen LogP contribution in [0.15, 0.2) is 28.9 Å². The Morgan fingerprint density at radius 1 is 1.53 bits per heavy atom. The molecule has 0 aliphatic carbocycles. The lowest BCUT2D eigenvalue weighted by atomic mass is 10.4. The number of rotatable bonds is 5. The van der Waals surface area contributed by atoms with E-state index < -0.39 is 5.97 Å². The van der Waals surface area contributed by atoms with Crippen molar-refractivity contribution in [3.8, 4) is 0 Å². The molecule has 17 heavy (non-hydrogen) atoms. The van der Waals surface area contributed by atoms with E-state index in [1.807, 2.05) is 12.1 Å². The highest BCUT2D eigenvalue weighted by Gasteiger charge is 2.02. The Kier molecular flexibility index (Phi) is 4.29. The molecule has 7 heteroatoms.